The molecular weight excluding hydrogens is 628 g/mol. The van der Waals surface area contributed by atoms with Gasteiger partial charge in [0.2, 0.25) is 5.91 Å². The summed E-state index contributed by atoms with van der Waals surface area (Å²) in [5.74, 6) is 0.480. The second-order valence-corrected chi connectivity index (χ2v) is 13.8. The van der Waals surface area contributed by atoms with Crippen LogP contribution in [-0.2, 0) is 27.1 Å². The number of carbonyl (C=O) groups is 3. The number of nitrogens with zero attached hydrogens (tertiary/aromatic N) is 2. The van der Waals surface area contributed by atoms with E-state index in [9.17, 15) is 14.4 Å². The van der Waals surface area contributed by atoms with Crippen LogP contribution in [0.25, 0.3) is 11.3 Å². The number of aromatic nitrogens is 1. The van der Waals surface area contributed by atoms with Gasteiger partial charge in [0, 0.05) is 34.8 Å². The molecule has 3 aromatic carbocycles. The highest BCUT2D eigenvalue weighted by Gasteiger charge is 2.27. The van der Waals surface area contributed by atoms with Crippen LogP contribution in [0.5, 0.6) is 5.75 Å². The number of ether oxygens (including phenoxy) is 3. The predicted molar refractivity (Wildman–Crippen MR) is 188 cm³/mol. The zero-order valence-corrected chi connectivity index (χ0v) is 28.9. The SMILES string of the molecule is Cc1ccccc1C(=O)N1CCc2cc(-c3nc(NC(=O)Cc4cccc(OCCOCCNC(=O)OC(C)(C)C)c4)sc3C)ccc21. The Kier molecular flexibility index (Phi) is 11.1. The molecular formula is C37H42N4O6S. The summed E-state index contributed by atoms with van der Waals surface area (Å²) in [5, 5.41) is 6.13. The van der Waals surface area contributed by atoms with Crippen LogP contribution >= 0.6 is 11.3 Å². The number of hydrogen-bond acceptors (Lipinski definition) is 8. The molecule has 1 aromatic heterocycles. The second-order valence-electron chi connectivity index (χ2n) is 12.6. The van der Waals surface area contributed by atoms with Crippen molar-refractivity contribution < 1.29 is 28.6 Å². The van der Waals surface area contributed by atoms with Crippen molar-refractivity contribution in [2.45, 2.75) is 53.1 Å². The summed E-state index contributed by atoms with van der Waals surface area (Å²) in [4.78, 5) is 45.5. The Labute approximate surface area is 285 Å². The molecule has 0 bridgehead atoms. The first-order valence-electron chi connectivity index (χ1n) is 16.0. The number of amides is 3. The van der Waals surface area contributed by atoms with Gasteiger partial charge in [-0.25, -0.2) is 9.78 Å². The van der Waals surface area contributed by atoms with Crippen molar-refractivity contribution in [3.8, 4) is 17.0 Å². The second kappa shape index (κ2) is 15.4. The van der Waals surface area contributed by atoms with E-state index in [1.807, 2.05) is 100 Å². The molecule has 2 heterocycles. The van der Waals surface area contributed by atoms with Crippen LogP contribution in [0.3, 0.4) is 0 Å². The number of fused-ring (bicyclic) bond motifs is 1. The minimum absolute atomic E-state index is 0.0158. The number of alkyl carbamates (subject to hydrolysis) is 1. The van der Waals surface area contributed by atoms with Gasteiger partial charge in [-0.1, -0.05) is 36.4 Å². The summed E-state index contributed by atoms with van der Waals surface area (Å²) in [7, 11) is 0. The average molecular weight is 671 g/mol. The van der Waals surface area contributed by atoms with Crippen LogP contribution < -0.4 is 20.3 Å². The molecule has 0 radical (unpaired) electrons. The fraction of sp³-hybridized carbons (Fsp3) is 0.351. The van der Waals surface area contributed by atoms with E-state index in [2.05, 4.69) is 16.7 Å². The van der Waals surface area contributed by atoms with Gasteiger partial charge in [0.1, 0.15) is 18.0 Å². The summed E-state index contributed by atoms with van der Waals surface area (Å²) in [6, 6.07) is 21.1. The first-order chi connectivity index (χ1) is 23.0. The first-order valence-corrected chi connectivity index (χ1v) is 16.8. The summed E-state index contributed by atoms with van der Waals surface area (Å²) in [5.41, 5.74) is 5.77. The van der Waals surface area contributed by atoms with E-state index in [0.29, 0.717) is 43.8 Å². The monoisotopic (exact) mass is 670 g/mol. The lowest BCUT2D eigenvalue weighted by molar-refractivity contribution is -0.115. The molecule has 2 N–H and O–H groups in total. The van der Waals surface area contributed by atoms with Crippen LogP contribution in [-0.4, -0.2) is 61.4 Å². The molecule has 0 unspecified atom stereocenters. The molecule has 3 amide bonds. The van der Waals surface area contributed by atoms with E-state index < -0.39 is 11.7 Å². The maximum atomic E-state index is 13.3. The number of rotatable bonds is 12. The fourth-order valence-electron chi connectivity index (χ4n) is 5.39. The molecule has 0 saturated carbocycles. The van der Waals surface area contributed by atoms with Gasteiger partial charge in [0.15, 0.2) is 5.13 Å². The van der Waals surface area contributed by atoms with Crippen LogP contribution in [0, 0.1) is 13.8 Å². The van der Waals surface area contributed by atoms with E-state index in [1.165, 1.54) is 11.3 Å². The molecule has 0 atom stereocenters. The van der Waals surface area contributed by atoms with Gasteiger partial charge in [-0.2, -0.15) is 0 Å². The molecule has 252 valence electrons. The van der Waals surface area contributed by atoms with E-state index in [-0.39, 0.29) is 18.2 Å². The lowest BCUT2D eigenvalue weighted by Crippen LogP contribution is -2.34. The van der Waals surface area contributed by atoms with Gasteiger partial charge >= 0.3 is 6.09 Å². The molecule has 1 aliphatic heterocycles. The summed E-state index contributed by atoms with van der Waals surface area (Å²) < 4.78 is 16.5. The minimum atomic E-state index is -0.544. The van der Waals surface area contributed by atoms with E-state index in [0.717, 1.165) is 50.5 Å². The maximum Gasteiger partial charge on any atom is 0.407 e. The number of aryl methyl sites for hydroxylation is 2. The molecule has 0 aliphatic carbocycles. The molecule has 5 rings (SSSR count). The Balaban J connectivity index is 1.10. The number of benzene rings is 3. The van der Waals surface area contributed by atoms with Gasteiger partial charge in [-0.15, -0.1) is 11.3 Å². The Morgan fingerprint density at radius 1 is 0.958 bits per heavy atom. The van der Waals surface area contributed by atoms with Crippen molar-refractivity contribution in [1.29, 1.82) is 0 Å². The maximum absolute atomic E-state index is 13.3. The highest BCUT2D eigenvalue weighted by atomic mass is 32.1. The number of nitrogens with one attached hydrogen (secondary N) is 2. The standard InChI is InChI=1S/C37H42N4O6S/c1-24-9-6-7-12-30(24)34(43)41-17-15-27-23-28(13-14-31(27)41)33-25(2)48-35(40-33)39-32(42)22-26-10-8-11-29(21-26)46-20-19-45-18-16-38-36(44)47-37(3,4)5/h6-14,21,23H,15-20,22H2,1-5H3,(H,38,44)(H,39,40,42). The summed E-state index contributed by atoms with van der Waals surface area (Å²) in [6.07, 6.45) is 0.465. The third-order valence-corrected chi connectivity index (χ3v) is 8.47. The topological polar surface area (TPSA) is 119 Å². The van der Waals surface area contributed by atoms with Crippen molar-refractivity contribution >= 4 is 40.1 Å². The Hall–Kier alpha value is -4.74. The molecule has 0 saturated heterocycles. The normalized spacial score (nSPS) is 12.4. The molecule has 11 heteroatoms. The largest absolute Gasteiger partial charge is 0.491 e. The number of hydrogen-bond donors (Lipinski definition) is 2. The van der Waals surface area contributed by atoms with Crippen molar-refractivity contribution in [1.82, 2.24) is 10.3 Å². The quantitative estimate of drug-likeness (QED) is 0.161. The Bertz CT molecular complexity index is 1780. The predicted octanol–water partition coefficient (Wildman–Crippen LogP) is 6.73. The smallest absolute Gasteiger partial charge is 0.407 e. The van der Waals surface area contributed by atoms with Gasteiger partial charge in [0.25, 0.3) is 5.91 Å². The van der Waals surface area contributed by atoms with Crippen LogP contribution in [0.2, 0.25) is 0 Å². The van der Waals surface area contributed by atoms with Crippen LogP contribution in [0.4, 0.5) is 15.6 Å². The van der Waals surface area contributed by atoms with E-state index in [1.54, 1.807) is 0 Å². The third-order valence-electron chi connectivity index (χ3n) is 7.59. The first kappa shape index (κ1) is 34.6. The highest BCUT2D eigenvalue weighted by molar-refractivity contribution is 7.16. The van der Waals surface area contributed by atoms with Crippen molar-refractivity contribution in [3.63, 3.8) is 0 Å². The lowest BCUT2D eigenvalue weighted by atomic mass is 10.0. The molecule has 10 nitrogen and oxygen atoms in total. The number of thiazole rings is 1. The average Bonchev–Trinajstić information content (AvgIpc) is 3.62. The zero-order chi connectivity index (χ0) is 34.3. The van der Waals surface area contributed by atoms with E-state index >= 15 is 0 Å². The number of anilines is 2. The number of carbonyl (C=O) groups excluding carboxylic acids is 3. The summed E-state index contributed by atoms with van der Waals surface area (Å²) in [6.45, 7) is 11.4. The Morgan fingerprint density at radius 3 is 2.56 bits per heavy atom. The van der Waals surface area contributed by atoms with E-state index in [4.69, 9.17) is 19.2 Å². The molecule has 1 aliphatic rings. The molecule has 48 heavy (non-hydrogen) atoms. The van der Waals surface area contributed by atoms with Crippen LogP contribution in [0.1, 0.15) is 52.7 Å². The zero-order valence-electron chi connectivity index (χ0n) is 28.1. The van der Waals surface area contributed by atoms with Crippen molar-refractivity contribution in [2.75, 3.05) is 43.1 Å². The lowest BCUT2D eigenvalue weighted by Gasteiger charge is -2.19. The van der Waals surface area contributed by atoms with Crippen LogP contribution in [0.15, 0.2) is 66.7 Å². The third kappa shape index (κ3) is 9.20. The van der Waals surface area contributed by atoms with Crippen molar-refractivity contribution in [2.24, 2.45) is 0 Å². The minimum Gasteiger partial charge on any atom is -0.491 e. The molecule has 4 aromatic rings. The Morgan fingerprint density at radius 2 is 1.77 bits per heavy atom. The molecule has 0 fully saturated rings. The van der Waals surface area contributed by atoms with Gasteiger partial charge in [0.05, 0.1) is 25.3 Å². The van der Waals surface area contributed by atoms with Crippen molar-refractivity contribution in [3.05, 3.63) is 93.9 Å². The summed E-state index contributed by atoms with van der Waals surface area (Å²) >= 11 is 1.44. The molecule has 0 spiro atoms. The van der Waals surface area contributed by atoms with Gasteiger partial charge in [-0.3, -0.25) is 9.59 Å². The van der Waals surface area contributed by atoms with Gasteiger partial charge < -0.3 is 29.7 Å². The fourth-order valence-corrected chi connectivity index (χ4v) is 6.24. The van der Waals surface area contributed by atoms with Gasteiger partial charge in [-0.05, 0) is 88.1 Å². The highest BCUT2D eigenvalue weighted by Crippen LogP contribution is 2.36.